The normalized spacial score (nSPS) is 10.5. The van der Waals surface area contributed by atoms with E-state index in [1.165, 1.54) is 17.7 Å². The number of ether oxygens (including phenoxy) is 1. The van der Waals surface area contributed by atoms with E-state index in [0.717, 1.165) is 12.2 Å². The van der Waals surface area contributed by atoms with E-state index < -0.39 is 5.97 Å². The van der Waals surface area contributed by atoms with Gasteiger partial charge >= 0.3 is 5.97 Å². The number of rotatable bonds is 7. The smallest absolute Gasteiger partial charge is 0.335 e. The Kier molecular flexibility index (Phi) is 4.91. The molecule has 0 spiro atoms. The monoisotopic (exact) mass is 322 g/mol. The molecule has 0 unspecified atom stereocenters. The predicted octanol–water partition coefficient (Wildman–Crippen LogP) is 3.25. The summed E-state index contributed by atoms with van der Waals surface area (Å²) in [5.41, 5.74) is 2.45. The molecule has 122 valence electrons. The number of aromatic carboxylic acids is 1. The van der Waals surface area contributed by atoms with Crippen molar-refractivity contribution < 1.29 is 14.6 Å². The number of benzene rings is 2. The first-order chi connectivity index (χ1) is 11.7. The van der Waals surface area contributed by atoms with Crippen molar-refractivity contribution in [1.29, 1.82) is 0 Å². The molecule has 0 amide bonds. The minimum Gasteiger partial charge on any atom is -0.493 e. The molecule has 2 aromatic carbocycles. The Balaban J connectivity index is 1.49. The van der Waals surface area contributed by atoms with Gasteiger partial charge in [0.05, 0.1) is 24.2 Å². The maximum atomic E-state index is 10.8. The second-order valence-electron chi connectivity index (χ2n) is 5.45. The molecule has 5 nitrogen and oxygen atoms in total. The molecule has 5 heteroatoms. The van der Waals surface area contributed by atoms with Crippen molar-refractivity contribution >= 4 is 5.97 Å². The Morgan fingerprint density at radius 1 is 1.08 bits per heavy atom. The van der Waals surface area contributed by atoms with Crippen molar-refractivity contribution in [2.75, 3.05) is 6.61 Å². The molecular weight excluding hydrogens is 304 g/mol. The van der Waals surface area contributed by atoms with Gasteiger partial charge in [-0.1, -0.05) is 30.3 Å². The number of carboxylic acids is 1. The zero-order valence-corrected chi connectivity index (χ0v) is 13.1. The fraction of sp³-hybridized carbons (Fsp3) is 0.158. The van der Waals surface area contributed by atoms with Gasteiger partial charge in [0.15, 0.2) is 0 Å². The summed E-state index contributed by atoms with van der Waals surface area (Å²) in [6.07, 6.45) is 4.54. The first-order valence-electron chi connectivity index (χ1n) is 7.71. The van der Waals surface area contributed by atoms with E-state index in [1.54, 1.807) is 12.1 Å². The van der Waals surface area contributed by atoms with Crippen LogP contribution >= 0.6 is 0 Å². The van der Waals surface area contributed by atoms with Gasteiger partial charge in [-0.2, -0.15) is 0 Å². The Morgan fingerprint density at radius 2 is 1.83 bits per heavy atom. The highest BCUT2D eigenvalue weighted by atomic mass is 16.5. The highest BCUT2D eigenvalue weighted by molar-refractivity contribution is 5.87. The summed E-state index contributed by atoms with van der Waals surface area (Å²) >= 11 is 0. The van der Waals surface area contributed by atoms with Crippen molar-refractivity contribution in [2.24, 2.45) is 0 Å². The van der Waals surface area contributed by atoms with Gasteiger partial charge in [0.2, 0.25) is 0 Å². The fourth-order valence-electron chi connectivity index (χ4n) is 2.38. The van der Waals surface area contributed by atoms with Crippen molar-refractivity contribution in [3.8, 4) is 5.75 Å². The first-order valence-corrected chi connectivity index (χ1v) is 7.71. The summed E-state index contributed by atoms with van der Waals surface area (Å²) in [7, 11) is 0. The van der Waals surface area contributed by atoms with Crippen LogP contribution in [0.25, 0.3) is 0 Å². The molecular formula is C19H18N2O3. The third kappa shape index (κ3) is 4.23. The molecule has 0 aliphatic rings. The Labute approximate surface area is 140 Å². The molecule has 0 saturated carbocycles. The summed E-state index contributed by atoms with van der Waals surface area (Å²) in [5, 5.41) is 8.86. The van der Waals surface area contributed by atoms with E-state index in [9.17, 15) is 4.79 Å². The lowest BCUT2D eigenvalue weighted by Gasteiger charge is -2.05. The predicted molar refractivity (Wildman–Crippen MR) is 90.4 cm³/mol. The van der Waals surface area contributed by atoms with Crippen LogP contribution in [0.2, 0.25) is 0 Å². The average Bonchev–Trinajstić information content (AvgIpc) is 3.03. The number of carbonyl (C=O) groups is 1. The number of aromatic nitrogens is 2. The molecule has 0 radical (unpaired) electrons. The molecule has 0 bridgehead atoms. The first kappa shape index (κ1) is 15.8. The number of nitrogens with zero attached hydrogens (tertiary/aromatic N) is 2. The Morgan fingerprint density at radius 3 is 2.54 bits per heavy atom. The minimum atomic E-state index is -0.939. The van der Waals surface area contributed by atoms with Gasteiger partial charge in [-0.05, 0) is 29.8 Å². The van der Waals surface area contributed by atoms with Crippen LogP contribution in [-0.4, -0.2) is 27.2 Å². The zero-order valence-electron chi connectivity index (χ0n) is 13.1. The third-order valence-corrected chi connectivity index (χ3v) is 3.62. The van der Waals surface area contributed by atoms with Gasteiger partial charge in [0.1, 0.15) is 5.75 Å². The van der Waals surface area contributed by atoms with Gasteiger partial charge in [0.25, 0.3) is 0 Å². The molecule has 0 fully saturated rings. The van der Waals surface area contributed by atoms with Gasteiger partial charge in [-0.15, -0.1) is 0 Å². The van der Waals surface area contributed by atoms with E-state index in [-0.39, 0.29) is 5.56 Å². The lowest BCUT2D eigenvalue weighted by Crippen LogP contribution is -2.02. The summed E-state index contributed by atoms with van der Waals surface area (Å²) < 4.78 is 7.68. The highest BCUT2D eigenvalue weighted by Crippen LogP contribution is 2.13. The average molecular weight is 322 g/mol. The highest BCUT2D eigenvalue weighted by Gasteiger charge is 2.03. The Hall–Kier alpha value is -3.08. The lowest BCUT2D eigenvalue weighted by molar-refractivity contribution is 0.0697. The molecule has 0 atom stereocenters. The van der Waals surface area contributed by atoms with E-state index in [4.69, 9.17) is 9.84 Å². The molecule has 0 saturated heterocycles. The second-order valence-corrected chi connectivity index (χ2v) is 5.45. The Bertz CT molecular complexity index is 795. The minimum absolute atomic E-state index is 0.252. The maximum Gasteiger partial charge on any atom is 0.335 e. The maximum absolute atomic E-state index is 10.8. The van der Waals surface area contributed by atoms with E-state index in [2.05, 4.69) is 17.1 Å². The number of carboxylic acid groups (broad SMARTS) is 1. The van der Waals surface area contributed by atoms with Crippen LogP contribution in [0.4, 0.5) is 0 Å². The molecule has 1 aromatic heterocycles. The SMILES string of the molecule is O=C(O)c1ccc(OCCc2cn(Cc3ccccc3)cn2)cc1. The molecule has 1 N–H and O–H groups in total. The number of hydrogen-bond donors (Lipinski definition) is 1. The van der Waals surface area contributed by atoms with Gasteiger partial charge < -0.3 is 14.4 Å². The largest absolute Gasteiger partial charge is 0.493 e. The standard InChI is InChI=1S/C19H18N2O3/c22-19(23)16-6-8-18(9-7-16)24-11-10-17-13-21(14-20-17)12-15-4-2-1-3-5-15/h1-9,13-14H,10-12H2,(H,22,23). The van der Waals surface area contributed by atoms with Crippen LogP contribution in [0.1, 0.15) is 21.6 Å². The van der Waals surface area contributed by atoms with Crippen LogP contribution < -0.4 is 4.74 Å². The summed E-state index contributed by atoms with van der Waals surface area (Å²) in [6.45, 7) is 1.29. The molecule has 24 heavy (non-hydrogen) atoms. The van der Waals surface area contributed by atoms with Crippen molar-refractivity contribution in [3.05, 3.63) is 83.9 Å². The topological polar surface area (TPSA) is 64.3 Å². The number of hydrogen-bond acceptors (Lipinski definition) is 3. The molecule has 3 rings (SSSR count). The molecule has 3 aromatic rings. The van der Waals surface area contributed by atoms with Gasteiger partial charge in [-0.25, -0.2) is 9.78 Å². The number of imidazole rings is 1. The van der Waals surface area contributed by atoms with E-state index in [1.807, 2.05) is 35.3 Å². The van der Waals surface area contributed by atoms with E-state index >= 15 is 0 Å². The van der Waals surface area contributed by atoms with Gasteiger partial charge in [0, 0.05) is 19.2 Å². The van der Waals surface area contributed by atoms with Crippen molar-refractivity contribution in [3.63, 3.8) is 0 Å². The van der Waals surface area contributed by atoms with E-state index in [0.29, 0.717) is 18.8 Å². The van der Waals surface area contributed by atoms with Crippen molar-refractivity contribution in [2.45, 2.75) is 13.0 Å². The van der Waals surface area contributed by atoms with Crippen LogP contribution in [0.3, 0.4) is 0 Å². The summed E-state index contributed by atoms with van der Waals surface area (Å²) in [5.74, 6) is -0.283. The second kappa shape index (κ2) is 7.46. The fourth-order valence-corrected chi connectivity index (χ4v) is 2.38. The van der Waals surface area contributed by atoms with Crippen LogP contribution in [0.5, 0.6) is 5.75 Å². The molecule has 1 heterocycles. The third-order valence-electron chi connectivity index (χ3n) is 3.62. The molecule has 0 aliphatic carbocycles. The quantitative estimate of drug-likeness (QED) is 0.725. The summed E-state index contributed by atoms with van der Waals surface area (Å²) in [4.78, 5) is 15.2. The van der Waals surface area contributed by atoms with Crippen molar-refractivity contribution in [1.82, 2.24) is 9.55 Å². The molecule has 0 aliphatic heterocycles. The lowest BCUT2D eigenvalue weighted by atomic mass is 10.2. The van der Waals surface area contributed by atoms with Crippen LogP contribution in [-0.2, 0) is 13.0 Å². The summed E-state index contributed by atoms with van der Waals surface area (Å²) in [6, 6.07) is 16.6. The van der Waals surface area contributed by atoms with Crippen LogP contribution in [0.15, 0.2) is 67.1 Å². The van der Waals surface area contributed by atoms with Gasteiger partial charge in [-0.3, -0.25) is 0 Å². The van der Waals surface area contributed by atoms with Crippen LogP contribution in [0, 0.1) is 0 Å². The zero-order chi connectivity index (χ0) is 16.8.